The lowest BCUT2D eigenvalue weighted by Crippen LogP contribution is -2.50. The zero-order valence-corrected chi connectivity index (χ0v) is 18.7. The van der Waals surface area contributed by atoms with Gasteiger partial charge >= 0.3 is 0 Å². The smallest absolute Gasteiger partial charge is 0.209 e. The van der Waals surface area contributed by atoms with Gasteiger partial charge in [-0.3, -0.25) is 4.99 Å². The van der Waals surface area contributed by atoms with Crippen molar-refractivity contribution >= 4 is 16.0 Å². The van der Waals surface area contributed by atoms with Crippen LogP contribution in [0.4, 0.5) is 0 Å². The number of benzene rings is 1. The molecule has 0 bridgehead atoms. The van der Waals surface area contributed by atoms with Crippen molar-refractivity contribution in [2.45, 2.75) is 46.3 Å². The standard InChI is InChI=1S/C20H34N4O3S/c1-7-21-19(22-14-20(4,5)23-28(6,25)26)24-10-11-27-18(13-24)17-9-8-15(2)12-16(17)3/h8-9,12,18,23H,7,10-11,13-14H2,1-6H3,(H,21,22). The third-order valence-corrected chi connectivity index (χ3v) is 5.48. The Hall–Kier alpha value is -1.64. The Kier molecular flexibility index (Phi) is 7.47. The van der Waals surface area contributed by atoms with Crippen LogP contribution in [0.15, 0.2) is 23.2 Å². The summed E-state index contributed by atoms with van der Waals surface area (Å²) in [5, 5.41) is 3.33. The van der Waals surface area contributed by atoms with E-state index in [1.165, 1.54) is 22.9 Å². The lowest BCUT2D eigenvalue weighted by atomic mass is 10.00. The maximum atomic E-state index is 11.6. The fourth-order valence-corrected chi connectivity index (χ4v) is 4.52. The molecule has 2 rings (SSSR count). The average molecular weight is 411 g/mol. The number of hydrogen-bond acceptors (Lipinski definition) is 4. The SMILES string of the molecule is CCNC(=NCC(C)(C)NS(C)(=O)=O)N1CCOC(c2ccc(C)cc2C)C1. The first kappa shape index (κ1) is 22.6. The molecule has 1 atom stereocenters. The first-order valence-electron chi connectivity index (χ1n) is 9.72. The normalized spacial score (nSPS) is 19.0. The van der Waals surface area contributed by atoms with Crippen LogP contribution in [0.25, 0.3) is 0 Å². The second kappa shape index (κ2) is 9.24. The van der Waals surface area contributed by atoms with Crippen molar-refractivity contribution in [2.24, 2.45) is 4.99 Å². The summed E-state index contributed by atoms with van der Waals surface area (Å²) in [5.74, 6) is 0.781. The van der Waals surface area contributed by atoms with Crippen molar-refractivity contribution in [3.63, 3.8) is 0 Å². The number of hydrogen-bond donors (Lipinski definition) is 2. The molecule has 158 valence electrons. The number of morpholine rings is 1. The third-order valence-electron chi connectivity index (χ3n) is 4.56. The molecule has 1 aliphatic rings. The van der Waals surface area contributed by atoms with Crippen LogP contribution in [0, 0.1) is 13.8 Å². The van der Waals surface area contributed by atoms with Gasteiger partial charge in [-0.15, -0.1) is 0 Å². The summed E-state index contributed by atoms with van der Waals surface area (Å²) in [6, 6.07) is 6.43. The summed E-state index contributed by atoms with van der Waals surface area (Å²) in [6.45, 7) is 13.0. The van der Waals surface area contributed by atoms with Crippen LogP contribution in [-0.4, -0.2) is 63.9 Å². The predicted molar refractivity (Wildman–Crippen MR) is 114 cm³/mol. The van der Waals surface area contributed by atoms with E-state index in [0.29, 0.717) is 19.7 Å². The van der Waals surface area contributed by atoms with Gasteiger partial charge < -0.3 is 15.0 Å². The molecule has 28 heavy (non-hydrogen) atoms. The van der Waals surface area contributed by atoms with Crippen LogP contribution in [-0.2, 0) is 14.8 Å². The second-order valence-electron chi connectivity index (χ2n) is 8.09. The second-order valence-corrected chi connectivity index (χ2v) is 9.84. The largest absolute Gasteiger partial charge is 0.370 e. The lowest BCUT2D eigenvalue weighted by Gasteiger charge is -2.36. The van der Waals surface area contributed by atoms with Gasteiger partial charge in [-0.25, -0.2) is 13.1 Å². The number of nitrogens with zero attached hydrogens (tertiary/aromatic N) is 2. The first-order valence-corrected chi connectivity index (χ1v) is 11.6. The van der Waals surface area contributed by atoms with Gasteiger partial charge in [-0.05, 0) is 45.7 Å². The molecule has 1 aromatic rings. The number of guanidine groups is 1. The molecule has 8 heteroatoms. The van der Waals surface area contributed by atoms with Crippen LogP contribution < -0.4 is 10.0 Å². The maximum absolute atomic E-state index is 11.6. The summed E-state index contributed by atoms with van der Waals surface area (Å²) < 4.78 is 31.8. The Morgan fingerprint density at radius 1 is 1.36 bits per heavy atom. The van der Waals surface area contributed by atoms with E-state index in [2.05, 4.69) is 47.0 Å². The molecular formula is C20H34N4O3S. The van der Waals surface area contributed by atoms with E-state index in [4.69, 9.17) is 9.73 Å². The van der Waals surface area contributed by atoms with Gasteiger partial charge in [0.15, 0.2) is 5.96 Å². The maximum Gasteiger partial charge on any atom is 0.209 e. The Bertz CT molecular complexity index is 806. The van der Waals surface area contributed by atoms with Crippen molar-refractivity contribution in [1.82, 2.24) is 14.9 Å². The minimum Gasteiger partial charge on any atom is -0.370 e. The molecule has 0 saturated carbocycles. The summed E-state index contributed by atoms with van der Waals surface area (Å²) >= 11 is 0. The molecule has 2 N–H and O–H groups in total. The highest BCUT2D eigenvalue weighted by molar-refractivity contribution is 7.88. The first-order chi connectivity index (χ1) is 13.0. The van der Waals surface area contributed by atoms with E-state index in [-0.39, 0.29) is 6.10 Å². The Morgan fingerprint density at radius 3 is 2.68 bits per heavy atom. The van der Waals surface area contributed by atoms with E-state index in [1.807, 2.05) is 20.8 Å². The van der Waals surface area contributed by atoms with Crippen molar-refractivity contribution < 1.29 is 13.2 Å². The minimum atomic E-state index is -3.29. The number of ether oxygens (including phenoxy) is 1. The summed E-state index contributed by atoms with van der Waals surface area (Å²) in [7, 11) is -3.29. The van der Waals surface area contributed by atoms with E-state index < -0.39 is 15.6 Å². The summed E-state index contributed by atoms with van der Waals surface area (Å²) in [6.07, 6.45) is 1.15. The van der Waals surface area contributed by atoms with Crippen LogP contribution in [0.3, 0.4) is 0 Å². The zero-order valence-electron chi connectivity index (χ0n) is 17.9. The Morgan fingerprint density at radius 2 is 2.07 bits per heavy atom. The molecule has 1 aliphatic heterocycles. The highest BCUT2D eigenvalue weighted by atomic mass is 32.2. The van der Waals surface area contributed by atoms with Crippen molar-refractivity contribution in [3.05, 3.63) is 34.9 Å². The topological polar surface area (TPSA) is 83.0 Å². The van der Waals surface area contributed by atoms with Gasteiger partial charge in [-0.2, -0.15) is 0 Å². The molecule has 1 unspecified atom stereocenters. The van der Waals surface area contributed by atoms with Crippen LogP contribution >= 0.6 is 0 Å². The molecule has 0 aromatic heterocycles. The number of aliphatic imine (C=N–C) groups is 1. The third kappa shape index (κ3) is 6.76. The molecular weight excluding hydrogens is 376 g/mol. The molecule has 0 aliphatic carbocycles. The van der Waals surface area contributed by atoms with Crippen molar-refractivity contribution in [2.75, 3.05) is 39.0 Å². The molecule has 7 nitrogen and oxygen atoms in total. The van der Waals surface area contributed by atoms with Gasteiger partial charge in [0.05, 0.1) is 26.0 Å². The highest BCUT2D eigenvalue weighted by Crippen LogP contribution is 2.26. The van der Waals surface area contributed by atoms with E-state index in [9.17, 15) is 8.42 Å². The van der Waals surface area contributed by atoms with E-state index in [1.54, 1.807) is 0 Å². The van der Waals surface area contributed by atoms with Gasteiger partial charge in [0.25, 0.3) is 0 Å². The number of nitrogens with one attached hydrogen (secondary N) is 2. The van der Waals surface area contributed by atoms with E-state index in [0.717, 1.165) is 19.0 Å². The van der Waals surface area contributed by atoms with Gasteiger partial charge in [0, 0.05) is 18.6 Å². The monoisotopic (exact) mass is 410 g/mol. The molecule has 1 saturated heterocycles. The fourth-order valence-electron chi connectivity index (χ4n) is 3.45. The quantitative estimate of drug-likeness (QED) is 0.553. The number of rotatable bonds is 6. The lowest BCUT2D eigenvalue weighted by molar-refractivity contribution is -0.00835. The van der Waals surface area contributed by atoms with Gasteiger partial charge in [0.1, 0.15) is 6.10 Å². The Balaban J connectivity index is 2.16. The Labute approximate surface area is 169 Å². The predicted octanol–water partition coefficient (Wildman–Crippen LogP) is 1.97. The number of sulfonamides is 1. The molecule has 0 spiro atoms. The van der Waals surface area contributed by atoms with Crippen LogP contribution in [0.1, 0.15) is 43.6 Å². The molecule has 0 amide bonds. The van der Waals surface area contributed by atoms with Gasteiger partial charge in [-0.1, -0.05) is 23.8 Å². The number of aryl methyl sites for hydroxylation is 2. The van der Waals surface area contributed by atoms with Gasteiger partial charge in [0.2, 0.25) is 10.0 Å². The molecule has 1 aromatic carbocycles. The molecule has 1 fully saturated rings. The van der Waals surface area contributed by atoms with Crippen molar-refractivity contribution in [3.8, 4) is 0 Å². The molecule has 1 heterocycles. The summed E-state index contributed by atoms with van der Waals surface area (Å²) in [4.78, 5) is 6.89. The van der Waals surface area contributed by atoms with E-state index >= 15 is 0 Å². The molecule has 0 radical (unpaired) electrons. The highest BCUT2D eigenvalue weighted by Gasteiger charge is 2.27. The average Bonchev–Trinajstić information content (AvgIpc) is 2.56. The van der Waals surface area contributed by atoms with Crippen molar-refractivity contribution in [1.29, 1.82) is 0 Å². The minimum absolute atomic E-state index is 0.0136. The van der Waals surface area contributed by atoms with Crippen LogP contribution in [0.5, 0.6) is 0 Å². The summed E-state index contributed by atoms with van der Waals surface area (Å²) in [5.41, 5.74) is 3.01. The van der Waals surface area contributed by atoms with Crippen LogP contribution in [0.2, 0.25) is 0 Å². The fraction of sp³-hybridized carbons (Fsp3) is 0.650. The zero-order chi connectivity index (χ0) is 20.9.